The molecule has 0 aliphatic heterocycles. The third-order valence-electron chi connectivity index (χ3n) is 2.17. The summed E-state index contributed by atoms with van der Waals surface area (Å²) in [5.74, 6) is 1.37. The zero-order valence-electron chi connectivity index (χ0n) is 9.41. The first-order valence-electron chi connectivity index (χ1n) is 5.06. The van der Waals surface area contributed by atoms with Gasteiger partial charge in [0.2, 0.25) is 0 Å². The van der Waals surface area contributed by atoms with Crippen LogP contribution >= 0.6 is 31.9 Å². The predicted octanol–water partition coefficient (Wildman–Crippen LogP) is 3.93. The van der Waals surface area contributed by atoms with Gasteiger partial charge in [-0.3, -0.25) is 0 Å². The maximum atomic E-state index is 8.80. The molecule has 0 atom stereocenters. The summed E-state index contributed by atoms with van der Waals surface area (Å²) in [6.45, 7) is 1.82. The number of aromatic nitrogens is 2. The van der Waals surface area contributed by atoms with E-state index in [4.69, 9.17) is 5.26 Å². The highest BCUT2D eigenvalue weighted by Crippen LogP contribution is 2.26. The van der Waals surface area contributed by atoms with E-state index in [9.17, 15) is 0 Å². The summed E-state index contributed by atoms with van der Waals surface area (Å²) < 4.78 is 1.54. The Morgan fingerprint density at radius 1 is 1.22 bits per heavy atom. The number of hydrogen-bond acceptors (Lipinski definition) is 4. The molecule has 1 aromatic heterocycles. The van der Waals surface area contributed by atoms with E-state index in [0.717, 1.165) is 14.8 Å². The molecule has 4 nitrogen and oxygen atoms in total. The summed E-state index contributed by atoms with van der Waals surface area (Å²) in [6, 6.07) is 9.20. The summed E-state index contributed by atoms with van der Waals surface area (Å²) in [4.78, 5) is 8.41. The minimum atomic E-state index is 0.604. The lowest BCUT2D eigenvalue weighted by Crippen LogP contribution is -1.98. The number of hydrogen-bond donors (Lipinski definition) is 1. The fourth-order valence-electron chi connectivity index (χ4n) is 1.42. The van der Waals surface area contributed by atoms with Crippen molar-refractivity contribution in [3.05, 3.63) is 44.7 Å². The van der Waals surface area contributed by atoms with Gasteiger partial charge in [-0.15, -0.1) is 0 Å². The zero-order valence-corrected chi connectivity index (χ0v) is 12.6. The second-order valence-electron chi connectivity index (χ2n) is 3.55. The van der Waals surface area contributed by atoms with Crippen LogP contribution in [0.1, 0.15) is 11.4 Å². The van der Waals surface area contributed by atoms with Crippen LogP contribution in [0.5, 0.6) is 0 Å². The molecule has 0 aliphatic rings. The van der Waals surface area contributed by atoms with Gasteiger partial charge < -0.3 is 5.32 Å². The van der Waals surface area contributed by atoms with Gasteiger partial charge >= 0.3 is 0 Å². The lowest BCUT2D eigenvalue weighted by atomic mass is 10.2. The molecule has 0 saturated carbocycles. The molecule has 1 N–H and O–H groups in total. The molecule has 0 amide bonds. The molecule has 6 heteroatoms. The smallest absolute Gasteiger partial charge is 0.135 e. The van der Waals surface area contributed by atoms with Crippen molar-refractivity contribution in [1.29, 1.82) is 5.26 Å². The lowest BCUT2D eigenvalue weighted by molar-refractivity contribution is 1.04. The maximum Gasteiger partial charge on any atom is 0.135 e. The number of rotatable bonds is 2. The number of nitrogens with zero attached hydrogens (tertiary/aromatic N) is 3. The van der Waals surface area contributed by atoms with E-state index in [1.54, 1.807) is 18.2 Å². The van der Waals surface area contributed by atoms with Crippen LogP contribution in [-0.2, 0) is 0 Å². The lowest BCUT2D eigenvalue weighted by Gasteiger charge is -2.08. The van der Waals surface area contributed by atoms with Crippen molar-refractivity contribution in [2.24, 2.45) is 0 Å². The Bertz CT molecular complexity index is 614. The van der Waals surface area contributed by atoms with E-state index in [0.29, 0.717) is 17.2 Å². The minimum absolute atomic E-state index is 0.604. The second kappa shape index (κ2) is 5.46. The fourth-order valence-corrected chi connectivity index (χ4v) is 2.37. The molecule has 0 fully saturated rings. The molecule has 1 aromatic carbocycles. The molecule has 18 heavy (non-hydrogen) atoms. The average molecular weight is 368 g/mol. The Balaban J connectivity index is 2.31. The highest BCUT2D eigenvalue weighted by Gasteiger charge is 2.04. The molecule has 0 aliphatic carbocycles. The first-order chi connectivity index (χ1) is 8.58. The van der Waals surface area contributed by atoms with Crippen LogP contribution in [0, 0.1) is 18.3 Å². The van der Waals surface area contributed by atoms with E-state index < -0.39 is 0 Å². The predicted molar refractivity (Wildman–Crippen MR) is 76.6 cm³/mol. The van der Waals surface area contributed by atoms with Gasteiger partial charge in [-0.25, -0.2) is 9.97 Å². The Hall–Kier alpha value is -1.45. The molecule has 0 bridgehead atoms. The minimum Gasteiger partial charge on any atom is -0.339 e. The van der Waals surface area contributed by atoms with Crippen LogP contribution in [0.3, 0.4) is 0 Å². The maximum absolute atomic E-state index is 8.80. The molecule has 2 rings (SSSR count). The average Bonchev–Trinajstić information content (AvgIpc) is 2.30. The molecule has 1 heterocycles. The quantitative estimate of drug-likeness (QED) is 0.817. The number of nitriles is 1. The van der Waals surface area contributed by atoms with E-state index >= 15 is 0 Å². The summed E-state index contributed by atoms with van der Waals surface area (Å²) in [7, 11) is 0. The van der Waals surface area contributed by atoms with E-state index in [1.165, 1.54) is 0 Å². The summed E-state index contributed by atoms with van der Waals surface area (Å²) in [5, 5.41) is 12.0. The highest BCUT2D eigenvalue weighted by atomic mass is 79.9. The van der Waals surface area contributed by atoms with Gasteiger partial charge in [0, 0.05) is 10.5 Å². The van der Waals surface area contributed by atoms with Crippen LogP contribution in [0.25, 0.3) is 0 Å². The van der Waals surface area contributed by atoms with Crippen molar-refractivity contribution in [3.63, 3.8) is 0 Å². The molecule has 0 saturated heterocycles. The Morgan fingerprint density at radius 3 is 2.61 bits per heavy atom. The standard InChI is InChI=1S/C12H8Br2N4/c1-7-16-11(14)5-12(17-7)18-10-3-2-8(6-15)4-9(10)13/h2-5H,1H3,(H,16,17,18). The largest absolute Gasteiger partial charge is 0.339 e. The molecule has 0 spiro atoms. The summed E-state index contributed by atoms with van der Waals surface area (Å²) in [5.41, 5.74) is 1.45. The number of nitrogens with one attached hydrogen (secondary N) is 1. The first-order valence-corrected chi connectivity index (χ1v) is 6.65. The first kappa shape index (κ1) is 13.0. The summed E-state index contributed by atoms with van der Waals surface area (Å²) in [6.07, 6.45) is 0. The highest BCUT2D eigenvalue weighted by molar-refractivity contribution is 9.10. The van der Waals surface area contributed by atoms with Crippen LogP contribution in [-0.4, -0.2) is 9.97 Å². The van der Waals surface area contributed by atoms with Crippen molar-refractivity contribution in [3.8, 4) is 6.07 Å². The topological polar surface area (TPSA) is 61.6 Å². The number of benzene rings is 1. The van der Waals surface area contributed by atoms with Gasteiger partial charge in [-0.2, -0.15) is 5.26 Å². The third-order valence-corrected chi connectivity index (χ3v) is 3.23. The van der Waals surface area contributed by atoms with Crippen LogP contribution in [0.2, 0.25) is 0 Å². The molecule has 0 unspecified atom stereocenters. The van der Waals surface area contributed by atoms with E-state index in [2.05, 4.69) is 53.2 Å². The van der Waals surface area contributed by atoms with E-state index in [-0.39, 0.29) is 0 Å². The SMILES string of the molecule is Cc1nc(Br)cc(Nc2ccc(C#N)cc2Br)n1. The van der Waals surface area contributed by atoms with Crippen molar-refractivity contribution in [2.45, 2.75) is 6.92 Å². The van der Waals surface area contributed by atoms with Crippen molar-refractivity contribution < 1.29 is 0 Å². The fraction of sp³-hybridized carbons (Fsp3) is 0.0833. The normalized spacial score (nSPS) is 9.89. The number of aryl methyl sites for hydroxylation is 1. The van der Waals surface area contributed by atoms with Crippen LogP contribution in [0.15, 0.2) is 33.3 Å². The molecular formula is C12H8Br2N4. The van der Waals surface area contributed by atoms with Gasteiger partial charge in [0.15, 0.2) is 0 Å². The van der Waals surface area contributed by atoms with Gasteiger partial charge in [0.05, 0.1) is 17.3 Å². The molecule has 90 valence electrons. The summed E-state index contributed by atoms with van der Waals surface area (Å²) >= 11 is 6.74. The van der Waals surface area contributed by atoms with Gasteiger partial charge in [0.25, 0.3) is 0 Å². The number of anilines is 2. The second-order valence-corrected chi connectivity index (χ2v) is 5.22. The van der Waals surface area contributed by atoms with Gasteiger partial charge in [-0.05, 0) is 57.0 Å². The van der Waals surface area contributed by atoms with Crippen molar-refractivity contribution in [1.82, 2.24) is 9.97 Å². The molecule has 2 aromatic rings. The number of halogens is 2. The third kappa shape index (κ3) is 3.06. The van der Waals surface area contributed by atoms with Crippen molar-refractivity contribution in [2.75, 3.05) is 5.32 Å². The van der Waals surface area contributed by atoms with Crippen LogP contribution in [0.4, 0.5) is 11.5 Å². The van der Waals surface area contributed by atoms with Gasteiger partial charge in [0.1, 0.15) is 16.2 Å². The Labute approximate surface area is 121 Å². The molecule has 0 radical (unpaired) electrons. The molecular weight excluding hydrogens is 360 g/mol. The van der Waals surface area contributed by atoms with E-state index in [1.807, 2.05) is 13.0 Å². The Morgan fingerprint density at radius 2 is 2.00 bits per heavy atom. The van der Waals surface area contributed by atoms with Crippen molar-refractivity contribution >= 4 is 43.4 Å². The van der Waals surface area contributed by atoms with Gasteiger partial charge in [-0.1, -0.05) is 0 Å². The Kier molecular flexibility index (Phi) is 3.94. The zero-order chi connectivity index (χ0) is 13.1. The van der Waals surface area contributed by atoms with Crippen LogP contribution < -0.4 is 5.32 Å². The monoisotopic (exact) mass is 366 g/mol.